The summed E-state index contributed by atoms with van der Waals surface area (Å²) >= 11 is 1.75. The van der Waals surface area contributed by atoms with Gasteiger partial charge in [-0.1, -0.05) is 11.3 Å². The maximum Gasteiger partial charge on any atom is 0.310 e. The third-order valence-electron chi connectivity index (χ3n) is 5.86. The molecule has 0 aromatic carbocycles. The summed E-state index contributed by atoms with van der Waals surface area (Å²) in [5, 5.41) is 5.56. The van der Waals surface area contributed by atoms with Gasteiger partial charge in [0.15, 0.2) is 10.8 Å². The second-order valence-electron chi connectivity index (χ2n) is 7.66. The van der Waals surface area contributed by atoms with Crippen LogP contribution in [-0.4, -0.2) is 64.5 Å². The van der Waals surface area contributed by atoms with Gasteiger partial charge in [-0.05, 0) is 46.1 Å². The van der Waals surface area contributed by atoms with Crippen LogP contribution < -0.4 is 4.90 Å². The number of likely N-dealkylation sites (tertiary alicyclic amines) is 1. The van der Waals surface area contributed by atoms with Gasteiger partial charge in [0, 0.05) is 32.7 Å². The number of piperidine rings is 2. The molecule has 2 fully saturated rings. The lowest BCUT2D eigenvalue weighted by atomic mass is 9.94. The standard InChI is InChI=1S/C19H29N5O2S/c1-4-26-18(25)14-6-5-9-24(12-14)15-7-10-23(11-8-15)19-20-17-16(27-19)13(2)21-22(17)3/h14-15H,4-12H2,1-3H3. The van der Waals surface area contributed by atoms with Crippen molar-refractivity contribution in [1.29, 1.82) is 0 Å². The predicted molar refractivity (Wildman–Crippen MR) is 107 cm³/mol. The van der Waals surface area contributed by atoms with E-state index in [1.54, 1.807) is 11.3 Å². The fourth-order valence-corrected chi connectivity index (χ4v) is 5.51. The molecule has 1 atom stereocenters. The van der Waals surface area contributed by atoms with Crippen LogP contribution in [0.4, 0.5) is 5.13 Å². The molecule has 4 heterocycles. The molecule has 2 aromatic heterocycles. The summed E-state index contributed by atoms with van der Waals surface area (Å²) in [6.07, 6.45) is 4.31. The Morgan fingerprint density at radius 1 is 1.26 bits per heavy atom. The van der Waals surface area contributed by atoms with Crippen molar-refractivity contribution in [1.82, 2.24) is 19.7 Å². The van der Waals surface area contributed by atoms with Crippen molar-refractivity contribution in [2.45, 2.75) is 45.6 Å². The maximum absolute atomic E-state index is 12.1. The number of carbonyl (C=O) groups is 1. The summed E-state index contributed by atoms with van der Waals surface area (Å²) in [6, 6.07) is 0.566. The van der Waals surface area contributed by atoms with E-state index in [-0.39, 0.29) is 11.9 Å². The van der Waals surface area contributed by atoms with Crippen molar-refractivity contribution in [2.75, 3.05) is 37.7 Å². The van der Waals surface area contributed by atoms with Crippen molar-refractivity contribution in [3.63, 3.8) is 0 Å². The number of thiazole rings is 1. The van der Waals surface area contributed by atoms with Crippen LogP contribution in [-0.2, 0) is 16.6 Å². The Labute approximate surface area is 164 Å². The molecule has 148 valence electrons. The lowest BCUT2D eigenvalue weighted by Crippen LogP contribution is -2.49. The monoisotopic (exact) mass is 391 g/mol. The zero-order valence-corrected chi connectivity index (χ0v) is 17.3. The van der Waals surface area contributed by atoms with Crippen LogP contribution in [0.1, 0.15) is 38.3 Å². The van der Waals surface area contributed by atoms with Crippen molar-refractivity contribution in [3.05, 3.63) is 5.69 Å². The molecule has 1 unspecified atom stereocenters. The summed E-state index contributed by atoms with van der Waals surface area (Å²) in [4.78, 5) is 21.9. The van der Waals surface area contributed by atoms with Crippen LogP contribution in [0.3, 0.4) is 0 Å². The summed E-state index contributed by atoms with van der Waals surface area (Å²) < 4.78 is 8.32. The van der Waals surface area contributed by atoms with Gasteiger partial charge in [-0.25, -0.2) is 9.67 Å². The van der Waals surface area contributed by atoms with Gasteiger partial charge in [0.1, 0.15) is 0 Å². The fraction of sp³-hybridized carbons (Fsp3) is 0.737. The zero-order chi connectivity index (χ0) is 19.0. The number of aromatic nitrogens is 3. The molecule has 27 heavy (non-hydrogen) atoms. The van der Waals surface area contributed by atoms with Crippen LogP contribution in [0.5, 0.6) is 0 Å². The topological polar surface area (TPSA) is 63.5 Å². The highest BCUT2D eigenvalue weighted by atomic mass is 32.1. The van der Waals surface area contributed by atoms with Gasteiger partial charge in [-0.3, -0.25) is 9.69 Å². The van der Waals surface area contributed by atoms with Crippen molar-refractivity contribution in [2.24, 2.45) is 13.0 Å². The minimum atomic E-state index is -0.0157. The van der Waals surface area contributed by atoms with E-state index in [4.69, 9.17) is 9.72 Å². The number of carbonyl (C=O) groups excluding carboxylic acids is 1. The molecule has 0 bridgehead atoms. The second-order valence-corrected chi connectivity index (χ2v) is 8.64. The van der Waals surface area contributed by atoms with E-state index >= 15 is 0 Å². The first-order valence-electron chi connectivity index (χ1n) is 10.0. The molecule has 2 aliphatic rings. The zero-order valence-electron chi connectivity index (χ0n) is 16.5. The summed E-state index contributed by atoms with van der Waals surface area (Å²) in [7, 11) is 1.96. The first kappa shape index (κ1) is 18.7. The van der Waals surface area contributed by atoms with Crippen LogP contribution in [0.15, 0.2) is 0 Å². The number of hydrogen-bond donors (Lipinski definition) is 0. The summed E-state index contributed by atoms with van der Waals surface area (Å²) in [5.74, 6) is 0.0366. The van der Waals surface area contributed by atoms with Gasteiger partial charge < -0.3 is 9.64 Å². The Bertz CT molecular complexity index is 774. The van der Waals surface area contributed by atoms with Gasteiger partial charge in [0.25, 0.3) is 0 Å². The molecule has 0 amide bonds. The fourth-order valence-electron chi connectivity index (χ4n) is 4.42. The molecule has 2 saturated heterocycles. The van der Waals surface area contributed by atoms with E-state index in [9.17, 15) is 4.79 Å². The minimum absolute atomic E-state index is 0.0157. The number of rotatable bonds is 4. The van der Waals surface area contributed by atoms with Gasteiger partial charge in [-0.2, -0.15) is 5.10 Å². The van der Waals surface area contributed by atoms with Gasteiger partial charge in [0.05, 0.1) is 22.9 Å². The lowest BCUT2D eigenvalue weighted by Gasteiger charge is -2.41. The number of fused-ring (bicyclic) bond motifs is 1. The molecule has 4 rings (SSSR count). The first-order valence-corrected chi connectivity index (χ1v) is 10.8. The Balaban J connectivity index is 1.36. The van der Waals surface area contributed by atoms with Crippen molar-refractivity contribution < 1.29 is 9.53 Å². The highest BCUT2D eigenvalue weighted by Gasteiger charge is 2.32. The Morgan fingerprint density at radius 2 is 2.04 bits per heavy atom. The van der Waals surface area contributed by atoms with E-state index in [2.05, 4.69) is 14.9 Å². The Kier molecular flexibility index (Phi) is 5.36. The average Bonchev–Trinajstić information content (AvgIpc) is 3.24. The normalized spacial score (nSPS) is 22.5. The largest absolute Gasteiger partial charge is 0.466 e. The number of ether oxygens (including phenoxy) is 1. The lowest BCUT2D eigenvalue weighted by molar-refractivity contribution is -0.150. The molecular formula is C19H29N5O2S. The highest BCUT2D eigenvalue weighted by Crippen LogP contribution is 2.33. The number of aryl methyl sites for hydroxylation is 2. The Hall–Kier alpha value is -1.67. The number of anilines is 1. The van der Waals surface area contributed by atoms with Crippen LogP contribution in [0.2, 0.25) is 0 Å². The first-order chi connectivity index (χ1) is 13.1. The molecule has 0 radical (unpaired) electrons. The quantitative estimate of drug-likeness (QED) is 0.747. The smallest absolute Gasteiger partial charge is 0.310 e. The molecular weight excluding hydrogens is 362 g/mol. The maximum atomic E-state index is 12.1. The van der Waals surface area contributed by atoms with E-state index < -0.39 is 0 Å². The second kappa shape index (κ2) is 7.75. The van der Waals surface area contributed by atoms with E-state index in [1.807, 2.05) is 25.6 Å². The molecule has 0 N–H and O–H groups in total. The number of hydrogen-bond acceptors (Lipinski definition) is 7. The molecule has 0 spiro atoms. The van der Waals surface area contributed by atoms with Crippen molar-refractivity contribution >= 4 is 32.8 Å². The third kappa shape index (κ3) is 3.69. The van der Waals surface area contributed by atoms with E-state index in [1.165, 1.54) is 4.70 Å². The van der Waals surface area contributed by atoms with Crippen LogP contribution in [0, 0.1) is 12.8 Å². The van der Waals surface area contributed by atoms with Gasteiger partial charge in [-0.15, -0.1) is 0 Å². The molecule has 2 aromatic rings. The average molecular weight is 392 g/mol. The summed E-state index contributed by atoms with van der Waals surface area (Å²) in [5.41, 5.74) is 2.05. The van der Waals surface area contributed by atoms with Crippen molar-refractivity contribution in [3.8, 4) is 0 Å². The SMILES string of the molecule is CCOC(=O)C1CCCN(C2CCN(c3nc4c(s3)c(C)nn4C)CC2)C1. The van der Waals surface area contributed by atoms with Gasteiger partial charge in [0.2, 0.25) is 0 Å². The number of nitrogens with zero attached hydrogens (tertiary/aromatic N) is 5. The summed E-state index contributed by atoms with van der Waals surface area (Å²) in [6.45, 7) is 8.42. The molecule has 0 saturated carbocycles. The molecule has 2 aliphatic heterocycles. The van der Waals surface area contributed by atoms with Crippen LogP contribution >= 0.6 is 11.3 Å². The Morgan fingerprint density at radius 3 is 2.74 bits per heavy atom. The minimum Gasteiger partial charge on any atom is -0.466 e. The molecule has 8 heteroatoms. The van der Waals surface area contributed by atoms with E-state index in [0.29, 0.717) is 12.6 Å². The molecule has 7 nitrogen and oxygen atoms in total. The highest BCUT2D eigenvalue weighted by molar-refractivity contribution is 7.22. The van der Waals surface area contributed by atoms with Crippen LogP contribution in [0.25, 0.3) is 10.3 Å². The third-order valence-corrected chi connectivity index (χ3v) is 7.07. The van der Waals surface area contributed by atoms with Gasteiger partial charge >= 0.3 is 5.97 Å². The predicted octanol–water partition coefficient (Wildman–Crippen LogP) is 2.58. The van der Waals surface area contributed by atoms with E-state index in [0.717, 1.165) is 68.3 Å². The molecule has 0 aliphatic carbocycles. The number of esters is 1.